The van der Waals surface area contributed by atoms with Crippen LogP contribution in [0.15, 0.2) is 0 Å². The van der Waals surface area contributed by atoms with E-state index in [4.69, 9.17) is 10.5 Å². The van der Waals surface area contributed by atoms with Crippen LogP contribution in [0.1, 0.15) is 33.6 Å². The van der Waals surface area contributed by atoms with Gasteiger partial charge < -0.3 is 10.5 Å². The van der Waals surface area contributed by atoms with Crippen molar-refractivity contribution in [1.82, 2.24) is 0 Å². The highest BCUT2D eigenvalue weighted by atomic mass is 16.5. The Bertz CT molecular complexity index is 201. The zero-order valence-corrected chi connectivity index (χ0v) is 8.67. The van der Waals surface area contributed by atoms with Gasteiger partial charge in [0.05, 0.1) is 13.0 Å². The molecule has 1 fully saturated rings. The van der Waals surface area contributed by atoms with E-state index in [0.29, 0.717) is 24.9 Å². The van der Waals surface area contributed by atoms with Crippen molar-refractivity contribution in [2.24, 2.45) is 17.6 Å². The molecule has 0 aromatic rings. The molecule has 0 aromatic heterocycles. The molecule has 3 atom stereocenters. The Morgan fingerprint density at radius 3 is 2.62 bits per heavy atom. The van der Waals surface area contributed by atoms with Crippen LogP contribution in [0.2, 0.25) is 0 Å². The van der Waals surface area contributed by atoms with Gasteiger partial charge in [-0.3, -0.25) is 4.79 Å². The Kier molecular flexibility index (Phi) is 2.96. The average Bonchev–Trinajstić information content (AvgIpc) is 2.66. The summed E-state index contributed by atoms with van der Waals surface area (Å²) in [6.45, 7) is 6.36. The van der Waals surface area contributed by atoms with Gasteiger partial charge in [-0.05, 0) is 32.1 Å². The van der Waals surface area contributed by atoms with Crippen molar-refractivity contribution >= 4 is 5.97 Å². The third-order valence-corrected chi connectivity index (χ3v) is 2.79. The number of rotatable bonds is 4. The fourth-order valence-corrected chi connectivity index (χ4v) is 1.90. The maximum absolute atomic E-state index is 11.2. The van der Waals surface area contributed by atoms with Crippen molar-refractivity contribution in [3.05, 3.63) is 0 Å². The highest BCUT2D eigenvalue weighted by molar-refractivity contribution is 5.71. The molecule has 3 unspecified atom stereocenters. The first kappa shape index (κ1) is 10.5. The highest BCUT2D eigenvalue weighted by Gasteiger charge is 2.46. The summed E-state index contributed by atoms with van der Waals surface area (Å²) in [6.07, 6.45) is 1.49. The zero-order chi connectivity index (χ0) is 10.1. The van der Waals surface area contributed by atoms with Crippen LogP contribution in [0.4, 0.5) is 0 Å². The number of carbonyl (C=O) groups is 1. The fraction of sp³-hybridized carbons (Fsp3) is 0.900. The van der Waals surface area contributed by atoms with Gasteiger partial charge >= 0.3 is 5.97 Å². The van der Waals surface area contributed by atoms with E-state index in [-0.39, 0.29) is 11.5 Å². The summed E-state index contributed by atoms with van der Waals surface area (Å²) in [4.78, 5) is 11.2. The van der Waals surface area contributed by atoms with Gasteiger partial charge in [0.1, 0.15) is 0 Å². The lowest BCUT2D eigenvalue weighted by Gasteiger charge is -2.23. The second kappa shape index (κ2) is 3.66. The van der Waals surface area contributed by atoms with E-state index in [1.54, 1.807) is 0 Å². The number of hydrogen-bond acceptors (Lipinski definition) is 3. The molecule has 1 aliphatic carbocycles. The summed E-state index contributed by atoms with van der Waals surface area (Å²) in [7, 11) is 0. The molecule has 0 bridgehead atoms. The smallest absolute Gasteiger partial charge is 0.307 e. The van der Waals surface area contributed by atoms with Crippen LogP contribution < -0.4 is 5.73 Å². The van der Waals surface area contributed by atoms with Crippen LogP contribution >= 0.6 is 0 Å². The lowest BCUT2D eigenvalue weighted by atomic mass is 9.92. The van der Waals surface area contributed by atoms with E-state index in [9.17, 15) is 4.79 Å². The van der Waals surface area contributed by atoms with Crippen LogP contribution in [0, 0.1) is 11.8 Å². The minimum atomic E-state index is -0.369. The molecule has 2 N–H and O–H groups in total. The Balaban J connectivity index is 2.38. The third kappa shape index (κ3) is 2.69. The van der Waals surface area contributed by atoms with Crippen molar-refractivity contribution in [2.75, 3.05) is 6.61 Å². The molecule has 0 aliphatic heterocycles. The molecule has 3 heteroatoms. The molecule has 0 aromatic carbocycles. The van der Waals surface area contributed by atoms with E-state index in [0.717, 1.165) is 6.42 Å². The number of hydrogen-bond donors (Lipinski definition) is 1. The summed E-state index contributed by atoms with van der Waals surface area (Å²) in [6, 6.07) is 0. The monoisotopic (exact) mass is 185 g/mol. The Labute approximate surface area is 79.6 Å². The lowest BCUT2D eigenvalue weighted by Crippen LogP contribution is -2.41. The molecule has 0 heterocycles. The molecular weight excluding hydrogens is 166 g/mol. The van der Waals surface area contributed by atoms with E-state index >= 15 is 0 Å². The van der Waals surface area contributed by atoms with Crippen molar-refractivity contribution < 1.29 is 9.53 Å². The van der Waals surface area contributed by atoms with Gasteiger partial charge in [0.25, 0.3) is 0 Å². The Morgan fingerprint density at radius 2 is 2.23 bits per heavy atom. The van der Waals surface area contributed by atoms with Crippen molar-refractivity contribution in [3.8, 4) is 0 Å². The largest absolute Gasteiger partial charge is 0.466 e. The molecule has 76 valence electrons. The molecular formula is C10H19NO2. The minimum Gasteiger partial charge on any atom is -0.466 e. The summed E-state index contributed by atoms with van der Waals surface area (Å²) < 4.78 is 4.87. The predicted molar refractivity (Wildman–Crippen MR) is 51.1 cm³/mol. The van der Waals surface area contributed by atoms with Crippen LogP contribution in [0.5, 0.6) is 0 Å². The van der Waals surface area contributed by atoms with Gasteiger partial charge in [-0.15, -0.1) is 0 Å². The first-order valence-electron chi connectivity index (χ1n) is 4.92. The van der Waals surface area contributed by atoms with Gasteiger partial charge in [0.2, 0.25) is 0 Å². The van der Waals surface area contributed by atoms with Crippen LogP contribution in [0.3, 0.4) is 0 Å². The van der Waals surface area contributed by atoms with E-state index in [2.05, 4.69) is 6.92 Å². The Hall–Kier alpha value is -0.570. The molecule has 3 nitrogen and oxygen atoms in total. The summed E-state index contributed by atoms with van der Waals surface area (Å²) in [5, 5.41) is 0. The second-order valence-corrected chi connectivity index (χ2v) is 4.31. The molecule has 1 aliphatic rings. The van der Waals surface area contributed by atoms with Gasteiger partial charge in [-0.2, -0.15) is 0 Å². The van der Waals surface area contributed by atoms with Gasteiger partial charge in [0.15, 0.2) is 0 Å². The predicted octanol–water partition coefficient (Wildman–Crippen LogP) is 1.31. The molecule has 0 amide bonds. The van der Waals surface area contributed by atoms with Crippen molar-refractivity contribution in [3.63, 3.8) is 0 Å². The van der Waals surface area contributed by atoms with E-state index in [1.807, 2.05) is 13.8 Å². The van der Waals surface area contributed by atoms with Gasteiger partial charge in [-0.25, -0.2) is 0 Å². The minimum absolute atomic E-state index is 0.174. The maximum atomic E-state index is 11.2. The summed E-state index contributed by atoms with van der Waals surface area (Å²) >= 11 is 0. The number of nitrogens with two attached hydrogens (primary N) is 1. The topological polar surface area (TPSA) is 52.3 Å². The molecule has 0 radical (unpaired) electrons. The van der Waals surface area contributed by atoms with E-state index in [1.165, 1.54) is 0 Å². The lowest BCUT2D eigenvalue weighted by molar-refractivity contribution is -0.144. The maximum Gasteiger partial charge on any atom is 0.307 e. The quantitative estimate of drug-likeness (QED) is 0.672. The summed E-state index contributed by atoms with van der Waals surface area (Å²) in [5.41, 5.74) is 5.67. The zero-order valence-electron chi connectivity index (χ0n) is 8.67. The standard InChI is InChI=1S/C10H19NO2/c1-4-13-9(12)6-10(3,11)8-5-7(8)2/h7-8H,4-6,11H2,1-3H3. The number of esters is 1. The SMILES string of the molecule is CCOC(=O)CC(C)(N)C1CC1C. The molecule has 1 saturated carbocycles. The normalized spacial score (nSPS) is 30.8. The second-order valence-electron chi connectivity index (χ2n) is 4.31. The Morgan fingerprint density at radius 1 is 1.69 bits per heavy atom. The molecule has 0 saturated heterocycles. The molecule has 0 spiro atoms. The van der Waals surface area contributed by atoms with Crippen LogP contribution in [-0.4, -0.2) is 18.1 Å². The fourth-order valence-electron chi connectivity index (χ4n) is 1.90. The summed E-state index contributed by atoms with van der Waals surface area (Å²) in [5.74, 6) is 0.993. The first-order valence-corrected chi connectivity index (χ1v) is 4.92. The van der Waals surface area contributed by atoms with Crippen molar-refractivity contribution in [2.45, 2.75) is 39.2 Å². The van der Waals surface area contributed by atoms with Crippen molar-refractivity contribution in [1.29, 1.82) is 0 Å². The van der Waals surface area contributed by atoms with Crippen LogP contribution in [0.25, 0.3) is 0 Å². The van der Waals surface area contributed by atoms with Gasteiger partial charge in [0, 0.05) is 5.54 Å². The number of carbonyl (C=O) groups excluding carboxylic acids is 1. The molecule has 1 rings (SSSR count). The van der Waals surface area contributed by atoms with E-state index < -0.39 is 0 Å². The number of ether oxygens (including phenoxy) is 1. The first-order chi connectivity index (χ1) is 5.97. The third-order valence-electron chi connectivity index (χ3n) is 2.79. The van der Waals surface area contributed by atoms with Gasteiger partial charge in [-0.1, -0.05) is 6.92 Å². The average molecular weight is 185 g/mol. The van der Waals surface area contributed by atoms with Crippen LogP contribution in [-0.2, 0) is 9.53 Å². The molecule has 13 heavy (non-hydrogen) atoms. The highest BCUT2D eigenvalue weighted by Crippen LogP contribution is 2.46.